The molecule has 0 spiro atoms. The van der Waals surface area contributed by atoms with E-state index in [-0.39, 0.29) is 0 Å². The third-order valence-electron chi connectivity index (χ3n) is 2.95. The Morgan fingerprint density at radius 2 is 2.21 bits per heavy atom. The maximum atomic E-state index is 11.6. The molecule has 1 aromatic carbocycles. The molecule has 2 heterocycles. The number of amides is 1. The minimum absolute atomic E-state index is 0.294. The van der Waals surface area contributed by atoms with Crippen LogP contribution >= 0.6 is 11.8 Å². The van der Waals surface area contributed by atoms with Crippen molar-refractivity contribution in [3.8, 4) is 0 Å². The number of benzene rings is 1. The Hall–Kier alpha value is -0.960. The fraction of sp³-hybridized carbons (Fsp3) is 0.364. The van der Waals surface area contributed by atoms with Gasteiger partial charge in [-0.1, -0.05) is 24.3 Å². The summed E-state index contributed by atoms with van der Waals surface area (Å²) in [6, 6.07) is 8.74. The Morgan fingerprint density at radius 1 is 1.36 bits per heavy atom. The fourth-order valence-electron chi connectivity index (χ4n) is 2.25. The quantitative estimate of drug-likeness (QED) is 0.644. The predicted octanol–water partition coefficient (Wildman–Crippen LogP) is 1.82. The number of fused-ring (bicyclic) bond motifs is 3. The molecule has 1 fully saturated rings. The second-order valence-electron chi connectivity index (χ2n) is 3.75. The summed E-state index contributed by atoms with van der Waals surface area (Å²) in [7, 11) is 0. The van der Waals surface area contributed by atoms with Crippen LogP contribution in [0, 0.1) is 0 Å². The van der Waals surface area contributed by atoms with Gasteiger partial charge in [0.25, 0.3) is 0 Å². The molecule has 1 saturated heterocycles. The highest BCUT2D eigenvalue weighted by Gasteiger charge is 2.35. The number of rotatable bonds is 0. The van der Waals surface area contributed by atoms with Gasteiger partial charge in [-0.3, -0.25) is 4.79 Å². The van der Waals surface area contributed by atoms with Gasteiger partial charge in [0, 0.05) is 12.3 Å². The smallest absolute Gasteiger partial charge is 0.233 e. The lowest BCUT2D eigenvalue weighted by atomic mass is 10.1. The van der Waals surface area contributed by atoms with E-state index in [4.69, 9.17) is 0 Å². The van der Waals surface area contributed by atoms with Gasteiger partial charge >= 0.3 is 0 Å². The Bertz CT molecular complexity index is 391. The summed E-state index contributed by atoms with van der Waals surface area (Å²) < 4.78 is 0. The largest absolute Gasteiger partial charge is 0.330 e. The second kappa shape index (κ2) is 3.02. The van der Waals surface area contributed by atoms with E-state index in [1.165, 1.54) is 11.1 Å². The van der Waals surface area contributed by atoms with Crippen molar-refractivity contribution in [1.82, 2.24) is 4.90 Å². The van der Waals surface area contributed by atoms with Crippen molar-refractivity contribution in [2.24, 2.45) is 0 Å². The van der Waals surface area contributed by atoms with Crippen molar-refractivity contribution >= 4 is 17.7 Å². The Kier molecular flexibility index (Phi) is 1.80. The molecule has 2 aliphatic rings. The van der Waals surface area contributed by atoms with Crippen LogP contribution in [0.1, 0.15) is 17.2 Å². The molecular formula is C11H11NOS. The lowest BCUT2D eigenvalue weighted by Crippen LogP contribution is -2.36. The summed E-state index contributed by atoms with van der Waals surface area (Å²) in [5.74, 6) is 2.01. The second-order valence-corrected chi connectivity index (χ2v) is 4.78. The van der Waals surface area contributed by atoms with Gasteiger partial charge in [0.1, 0.15) is 0 Å². The van der Waals surface area contributed by atoms with E-state index in [1.54, 1.807) is 11.8 Å². The molecule has 0 aliphatic carbocycles. The van der Waals surface area contributed by atoms with Crippen molar-refractivity contribution in [2.75, 3.05) is 11.5 Å². The minimum atomic E-state index is 0.294. The van der Waals surface area contributed by atoms with Crippen LogP contribution in [-0.2, 0) is 11.3 Å². The summed E-state index contributed by atoms with van der Waals surface area (Å²) in [6.45, 7) is 0.820. The summed E-state index contributed by atoms with van der Waals surface area (Å²) in [5, 5.41) is 0. The molecule has 0 saturated carbocycles. The molecule has 1 atom stereocenters. The monoisotopic (exact) mass is 205 g/mol. The number of thioether (sulfide) groups is 1. The highest BCUT2D eigenvalue weighted by Crippen LogP contribution is 2.38. The highest BCUT2D eigenvalue weighted by molar-refractivity contribution is 8.00. The average molecular weight is 205 g/mol. The average Bonchev–Trinajstić information content (AvgIpc) is 2.59. The zero-order valence-electron chi connectivity index (χ0n) is 7.77. The normalized spacial score (nSPS) is 24.7. The zero-order chi connectivity index (χ0) is 9.54. The Balaban J connectivity index is 2.04. The first-order valence-corrected chi connectivity index (χ1v) is 5.97. The lowest BCUT2D eigenvalue weighted by molar-refractivity contribution is -0.130. The van der Waals surface area contributed by atoms with Crippen molar-refractivity contribution < 1.29 is 4.79 Å². The van der Waals surface area contributed by atoms with Crippen molar-refractivity contribution in [1.29, 1.82) is 0 Å². The molecule has 1 amide bonds. The van der Waals surface area contributed by atoms with Gasteiger partial charge in [-0.25, -0.2) is 0 Å². The lowest BCUT2D eigenvalue weighted by Gasteiger charge is -2.29. The molecule has 0 radical (unpaired) electrons. The molecule has 2 nitrogen and oxygen atoms in total. The third-order valence-corrected chi connectivity index (χ3v) is 3.96. The molecule has 14 heavy (non-hydrogen) atoms. The Labute approximate surface area is 87.3 Å². The van der Waals surface area contributed by atoms with Gasteiger partial charge in [-0.05, 0) is 11.1 Å². The maximum absolute atomic E-state index is 11.6. The number of hydrogen-bond donors (Lipinski definition) is 0. The van der Waals surface area contributed by atoms with Gasteiger partial charge in [0.2, 0.25) is 5.91 Å². The van der Waals surface area contributed by atoms with Crippen molar-refractivity contribution in [3.63, 3.8) is 0 Å². The molecule has 2 aliphatic heterocycles. The minimum Gasteiger partial charge on any atom is -0.330 e. The molecular weight excluding hydrogens is 194 g/mol. The van der Waals surface area contributed by atoms with Crippen LogP contribution in [0.4, 0.5) is 0 Å². The summed E-state index contributed by atoms with van der Waals surface area (Å²) >= 11 is 1.75. The molecule has 3 rings (SSSR count). The van der Waals surface area contributed by atoms with Crippen LogP contribution in [0.25, 0.3) is 0 Å². The molecule has 3 heteroatoms. The molecule has 72 valence electrons. The van der Waals surface area contributed by atoms with Crippen molar-refractivity contribution in [3.05, 3.63) is 35.4 Å². The van der Waals surface area contributed by atoms with Crippen LogP contribution < -0.4 is 0 Å². The van der Waals surface area contributed by atoms with Crippen molar-refractivity contribution in [2.45, 2.75) is 12.6 Å². The number of hydrogen-bond acceptors (Lipinski definition) is 2. The maximum Gasteiger partial charge on any atom is 0.233 e. The van der Waals surface area contributed by atoms with E-state index < -0.39 is 0 Å². The summed E-state index contributed by atoms with van der Waals surface area (Å²) in [5.41, 5.74) is 2.68. The van der Waals surface area contributed by atoms with E-state index in [0.29, 0.717) is 17.7 Å². The summed E-state index contributed by atoms with van der Waals surface area (Å²) in [6.07, 6.45) is 0. The third kappa shape index (κ3) is 1.08. The zero-order valence-corrected chi connectivity index (χ0v) is 8.59. The molecule has 1 unspecified atom stereocenters. The number of carbonyl (C=O) groups is 1. The predicted molar refractivity (Wildman–Crippen MR) is 57.1 cm³/mol. The Morgan fingerprint density at radius 3 is 3.14 bits per heavy atom. The SMILES string of the molecule is O=C1CSCC2c3ccccc3CN12. The van der Waals surface area contributed by atoms with Gasteiger partial charge in [0.15, 0.2) is 0 Å². The molecule has 0 bridgehead atoms. The van der Waals surface area contributed by atoms with Crippen LogP contribution in [0.3, 0.4) is 0 Å². The van der Waals surface area contributed by atoms with Gasteiger partial charge in [-0.15, -0.1) is 11.8 Å². The summed E-state index contributed by atoms with van der Waals surface area (Å²) in [4.78, 5) is 13.7. The molecule has 0 aromatic heterocycles. The van der Waals surface area contributed by atoms with Crippen LogP contribution in [0.15, 0.2) is 24.3 Å². The van der Waals surface area contributed by atoms with Gasteiger partial charge in [0.05, 0.1) is 11.8 Å². The van der Waals surface area contributed by atoms with E-state index in [2.05, 4.69) is 24.3 Å². The highest BCUT2D eigenvalue weighted by atomic mass is 32.2. The van der Waals surface area contributed by atoms with Crippen LogP contribution in [0.5, 0.6) is 0 Å². The molecule has 1 aromatic rings. The number of carbonyl (C=O) groups excluding carboxylic acids is 1. The number of nitrogens with zero attached hydrogens (tertiary/aromatic N) is 1. The van der Waals surface area contributed by atoms with E-state index in [9.17, 15) is 4.79 Å². The first kappa shape index (κ1) is 8.36. The molecule has 0 N–H and O–H groups in total. The van der Waals surface area contributed by atoms with E-state index >= 15 is 0 Å². The van der Waals surface area contributed by atoms with Crippen LogP contribution in [0.2, 0.25) is 0 Å². The topological polar surface area (TPSA) is 20.3 Å². The van der Waals surface area contributed by atoms with Gasteiger partial charge < -0.3 is 4.90 Å². The van der Waals surface area contributed by atoms with Gasteiger partial charge in [-0.2, -0.15) is 0 Å². The van der Waals surface area contributed by atoms with Crippen LogP contribution in [-0.4, -0.2) is 22.3 Å². The standard InChI is InChI=1S/C11H11NOS/c13-11-7-14-6-10-9-4-2-1-3-8(9)5-12(10)11/h1-4,10H,5-7H2. The van der Waals surface area contributed by atoms with E-state index in [1.807, 2.05) is 4.90 Å². The van der Waals surface area contributed by atoms with E-state index in [0.717, 1.165) is 12.3 Å². The fourth-order valence-corrected chi connectivity index (χ4v) is 3.29. The first-order valence-electron chi connectivity index (χ1n) is 4.81. The first-order chi connectivity index (χ1) is 6.86.